The first-order valence-electron chi connectivity index (χ1n) is 13.5. The molecule has 6 N–H and O–H groups in total. The molecule has 0 heterocycles. The topological polar surface area (TPSA) is 121 Å². The number of hydrogen-bond donors (Lipinski definition) is 6. The Morgan fingerprint density at radius 2 is 1.58 bits per heavy atom. The Kier molecular flexibility index (Phi) is 7.05. The van der Waals surface area contributed by atoms with Crippen molar-refractivity contribution in [2.45, 2.75) is 115 Å². The van der Waals surface area contributed by atoms with E-state index in [0.29, 0.717) is 12.8 Å². The second-order valence-electron chi connectivity index (χ2n) is 13.1. The van der Waals surface area contributed by atoms with Crippen molar-refractivity contribution >= 4 is 0 Å². The minimum Gasteiger partial charge on any atom is -0.396 e. The van der Waals surface area contributed by atoms with Gasteiger partial charge >= 0.3 is 0 Å². The van der Waals surface area contributed by atoms with E-state index < -0.39 is 41.3 Å². The van der Waals surface area contributed by atoms with E-state index in [2.05, 4.69) is 20.8 Å². The molecular formula is C27H48O6. The maximum atomic E-state index is 12.3. The maximum absolute atomic E-state index is 12.3. The van der Waals surface area contributed by atoms with Crippen LogP contribution < -0.4 is 0 Å². The highest BCUT2D eigenvalue weighted by Gasteiger charge is 2.72. The van der Waals surface area contributed by atoms with Crippen LogP contribution in [0.15, 0.2) is 0 Å². The fourth-order valence-electron chi connectivity index (χ4n) is 9.57. The van der Waals surface area contributed by atoms with Crippen LogP contribution in [0.25, 0.3) is 0 Å². The Morgan fingerprint density at radius 3 is 2.24 bits per heavy atom. The summed E-state index contributed by atoms with van der Waals surface area (Å²) in [5, 5.41) is 65.7. The fourth-order valence-corrected chi connectivity index (χ4v) is 9.57. The Morgan fingerprint density at radius 1 is 0.909 bits per heavy atom. The molecule has 4 rings (SSSR count). The van der Waals surface area contributed by atoms with Gasteiger partial charge in [-0.25, -0.2) is 0 Å². The molecule has 0 bridgehead atoms. The lowest BCUT2D eigenvalue weighted by Crippen LogP contribution is -2.68. The van der Waals surface area contributed by atoms with Crippen molar-refractivity contribution in [3.05, 3.63) is 0 Å². The molecule has 0 radical (unpaired) electrons. The average molecular weight is 469 g/mol. The molecule has 192 valence electrons. The van der Waals surface area contributed by atoms with Crippen LogP contribution >= 0.6 is 0 Å². The second kappa shape index (κ2) is 9.01. The van der Waals surface area contributed by atoms with Crippen LogP contribution in [-0.2, 0) is 0 Å². The van der Waals surface area contributed by atoms with Gasteiger partial charge in [0.25, 0.3) is 0 Å². The number of aliphatic hydroxyl groups excluding tert-OH is 5. The van der Waals surface area contributed by atoms with Gasteiger partial charge in [0.05, 0.1) is 30.0 Å². The summed E-state index contributed by atoms with van der Waals surface area (Å²) in [5.74, 6) is -0.211. The third-order valence-corrected chi connectivity index (χ3v) is 11.1. The normalized spacial score (nSPS) is 53.6. The maximum Gasteiger partial charge on any atom is 0.0863 e. The molecule has 4 saturated carbocycles. The van der Waals surface area contributed by atoms with Crippen LogP contribution in [0.4, 0.5) is 0 Å². The SMILES string of the molecule is CC(CO)CCC[C@@H](C)[C@H]1[C@@H](O)[C@H](O)[C@@H]2[C@]1(C)CC[C@@H]1[C@@]3(C)CC[C@H](O)C[C@@H]3[C@@H](O)C[C@]12O. The van der Waals surface area contributed by atoms with Crippen molar-refractivity contribution in [2.75, 3.05) is 6.61 Å². The van der Waals surface area contributed by atoms with Gasteiger partial charge in [0.1, 0.15) is 0 Å². The van der Waals surface area contributed by atoms with E-state index in [1.165, 1.54) is 0 Å². The number of aliphatic hydroxyl groups is 6. The van der Waals surface area contributed by atoms with Crippen LogP contribution in [0.5, 0.6) is 0 Å². The Labute approximate surface area is 199 Å². The van der Waals surface area contributed by atoms with Gasteiger partial charge < -0.3 is 30.6 Å². The van der Waals surface area contributed by atoms with E-state index in [9.17, 15) is 30.6 Å². The summed E-state index contributed by atoms with van der Waals surface area (Å²) in [6.45, 7) is 8.70. The molecule has 0 aliphatic heterocycles. The zero-order valence-corrected chi connectivity index (χ0v) is 21.0. The summed E-state index contributed by atoms with van der Waals surface area (Å²) < 4.78 is 0. The number of hydrogen-bond acceptors (Lipinski definition) is 6. The zero-order chi connectivity index (χ0) is 24.3. The van der Waals surface area contributed by atoms with Gasteiger partial charge in [-0.15, -0.1) is 0 Å². The third-order valence-electron chi connectivity index (χ3n) is 11.1. The molecule has 4 fully saturated rings. The summed E-state index contributed by atoms with van der Waals surface area (Å²) >= 11 is 0. The quantitative estimate of drug-likeness (QED) is 0.356. The molecule has 0 saturated heterocycles. The van der Waals surface area contributed by atoms with Crippen LogP contribution in [0.2, 0.25) is 0 Å². The predicted octanol–water partition coefficient (Wildman–Crippen LogP) is 2.47. The van der Waals surface area contributed by atoms with Crippen LogP contribution in [0.1, 0.15) is 85.5 Å². The van der Waals surface area contributed by atoms with E-state index in [-0.39, 0.29) is 48.0 Å². The first-order valence-corrected chi connectivity index (χ1v) is 13.5. The zero-order valence-electron chi connectivity index (χ0n) is 21.0. The van der Waals surface area contributed by atoms with Gasteiger partial charge in [-0.2, -0.15) is 0 Å². The first kappa shape index (κ1) is 25.8. The highest BCUT2D eigenvalue weighted by Crippen LogP contribution is 2.69. The second-order valence-corrected chi connectivity index (χ2v) is 13.1. The van der Waals surface area contributed by atoms with Gasteiger partial charge in [0.15, 0.2) is 0 Å². The lowest BCUT2D eigenvalue weighted by molar-refractivity contribution is -0.264. The minimum absolute atomic E-state index is 0.0393. The van der Waals surface area contributed by atoms with Gasteiger partial charge in [-0.1, -0.05) is 40.5 Å². The highest BCUT2D eigenvalue weighted by atomic mass is 16.3. The first-order chi connectivity index (χ1) is 15.4. The van der Waals surface area contributed by atoms with Gasteiger partial charge in [0, 0.05) is 18.9 Å². The molecule has 1 unspecified atom stereocenters. The predicted molar refractivity (Wildman–Crippen MR) is 126 cm³/mol. The number of rotatable bonds is 6. The fraction of sp³-hybridized carbons (Fsp3) is 1.00. The molecule has 0 spiro atoms. The number of fused-ring (bicyclic) bond motifs is 5. The molecule has 6 nitrogen and oxygen atoms in total. The lowest BCUT2D eigenvalue weighted by Gasteiger charge is -2.65. The Balaban J connectivity index is 1.61. The molecule has 4 aliphatic rings. The van der Waals surface area contributed by atoms with E-state index in [1.807, 2.05) is 6.92 Å². The largest absolute Gasteiger partial charge is 0.396 e. The minimum atomic E-state index is -1.22. The van der Waals surface area contributed by atoms with E-state index in [4.69, 9.17) is 0 Å². The summed E-state index contributed by atoms with van der Waals surface area (Å²) in [6.07, 6.45) is 3.75. The van der Waals surface area contributed by atoms with Gasteiger partial charge in [-0.05, 0) is 78.9 Å². The highest BCUT2D eigenvalue weighted by molar-refractivity contribution is 5.21. The molecule has 4 aliphatic carbocycles. The van der Waals surface area contributed by atoms with Crippen molar-refractivity contribution in [1.29, 1.82) is 0 Å². The van der Waals surface area contributed by atoms with Crippen molar-refractivity contribution in [3.8, 4) is 0 Å². The molecule has 33 heavy (non-hydrogen) atoms. The van der Waals surface area contributed by atoms with Crippen molar-refractivity contribution in [3.63, 3.8) is 0 Å². The molecule has 0 aromatic heterocycles. The van der Waals surface area contributed by atoms with Crippen molar-refractivity contribution in [2.24, 2.45) is 46.3 Å². The average Bonchev–Trinajstić information content (AvgIpc) is 2.95. The van der Waals surface area contributed by atoms with Crippen LogP contribution in [0.3, 0.4) is 0 Å². The van der Waals surface area contributed by atoms with Crippen molar-refractivity contribution in [1.82, 2.24) is 0 Å². The van der Waals surface area contributed by atoms with Gasteiger partial charge in [0.2, 0.25) is 0 Å². The van der Waals surface area contributed by atoms with Crippen LogP contribution in [0, 0.1) is 46.3 Å². The molecule has 13 atom stereocenters. The molecule has 0 aromatic rings. The summed E-state index contributed by atoms with van der Waals surface area (Å²) in [5.41, 5.74) is -1.90. The van der Waals surface area contributed by atoms with E-state index in [1.54, 1.807) is 0 Å². The summed E-state index contributed by atoms with van der Waals surface area (Å²) in [4.78, 5) is 0. The standard InChI is InChI=1S/C27H48O6/c1-15(14-28)6-5-7-16(2)21-22(31)23(32)24-26(21,4)11-9-20-25(3)10-8-17(29)12-18(25)19(30)13-27(20,24)33/h15-24,28-33H,5-14H2,1-4H3/t15?,16-,17+,18-,19+,20-,21+,22-,23+,24-,25+,26-,27+/m1/s1. The van der Waals surface area contributed by atoms with E-state index in [0.717, 1.165) is 38.5 Å². The summed E-state index contributed by atoms with van der Waals surface area (Å²) in [7, 11) is 0. The molecule has 0 amide bonds. The van der Waals surface area contributed by atoms with Crippen LogP contribution in [-0.4, -0.2) is 67.3 Å². The lowest BCUT2D eigenvalue weighted by atomic mass is 9.42. The monoisotopic (exact) mass is 468 g/mol. The van der Waals surface area contributed by atoms with E-state index >= 15 is 0 Å². The third kappa shape index (κ3) is 3.92. The van der Waals surface area contributed by atoms with Crippen molar-refractivity contribution < 1.29 is 30.6 Å². The van der Waals surface area contributed by atoms with Gasteiger partial charge in [-0.3, -0.25) is 0 Å². The molecular weight excluding hydrogens is 420 g/mol. The molecule has 6 heteroatoms. The molecule has 0 aromatic carbocycles. The smallest absolute Gasteiger partial charge is 0.0863 e. The Bertz CT molecular complexity index is 702. The Hall–Kier alpha value is -0.240. The summed E-state index contributed by atoms with van der Waals surface area (Å²) in [6, 6.07) is 0.